The lowest BCUT2D eigenvalue weighted by Crippen LogP contribution is -2.31. The highest BCUT2D eigenvalue weighted by atomic mass is 19.1. The zero-order valence-electron chi connectivity index (χ0n) is 14.5. The molecule has 0 radical (unpaired) electrons. The van der Waals surface area contributed by atoms with E-state index in [2.05, 4.69) is 43.5 Å². The minimum absolute atomic E-state index is 0.0583. The number of benzene rings is 2. The second-order valence-corrected chi connectivity index (χ2v) is 6.91. The molecule has 3 nitrogen and oxygen atoms in total. The number of nitrogens with one attached hydrogen (secondary N) is 2. The molecular formula is C20H25FN2O. The van der Waals surface area contributed by atoms with Gasteiger partial charge >= 0.3 is 0 Å². The quantitative estimate of drug-likeness (QED) is 0.844. The lowest BCUT2D eigenvalue weighted by Gasteiger charge is -2.19. The molecule has 0 aliphatic carbocycles. The monoisotopic (exact) mass is 328 g/mol. The van der Waals surface area contributed by atoms with Crippen LogP contribution in [0.3, 0.4) is 0 Å². The largest absolute Gasteiger partial charge is 0.376 e. The van der Waals surface area contributed by atoms with Crippen molar-refractivity contribution in [3.8, 4) is 0 Å². The maximum atomic E-state index is 12.8. The number of carbonyl (C=O) groups excluding carboxylic acids is 1. The van der Waals surface area contributed by atoms with Crippen LogP contribution in [-0.2, 0) is 16.6 Å². The molecule has 0 fully saturated rings. The van der Waals surface area contributed by atoms with Crippen LogP contribution >= 0.6 is 0 Å². The minimum Gasteiger partial charge on any atom is -0.376 e. The van der Waals surface area contributed by atoms with E-state index in [-0.39, 0.29) is 23.7 Å². The maximum Gasteiger partial charge on any atom is 0.239 e. The lowest BCUT2D eigenvalue weighted by molar-refractivity contribution is -0.119. The Kier molecular flexibility index (Phi) is 5.96. The zero-order valence-corrected chi connectivity index (χ0v) is 14.5. The third kappa shape index (κ3) is 5.69. The standard InChI is InChI=1S/C20H25FN2O/c1-20(2,3)16-6-10-18(11-7-16)23-14-19(24)22-13-12-15-4-8-17(21)9-5-15/h4-11,23H,12-14H2,1-3H3,(H,22,24). The Morgan fingerprint density at radius 2 is 1.62 bits per heavy atom. The third-order valence-electron chi connectivity index (χ3n) is 3.85. The van der Waals surface area contributed by atoms with Gasteiger partial charge in [-0.1, -0.05) is 45.0 Å². The van der Waals surface area contributed by atoms with Crippen LogP contribution in [0.4, 0.5) is 10.1 Å². The molecule has 0 aromatic heterocycles. The van der Waals surface area contributed by atoms with Crippen molar-refractivity contribution in [2.24, 2.45) is 0 Å². The maximum absolute atomic E-state index is 12.8. The van der Waals surface area contributed by atoms with Crippen molar-refractivity contribution < 1.29 is 9.18 Å². The van der Waals surface area contributed by atoms with E-state index >= 15 is 0 Å². The van der Waals surface area contributed by atoms with Gasteiger partial charge in [0.15, 0.2) is 0 Å². The highest BCUT2D eigenvalue weighted by molar-refractivity contribution is 5.80. The summed E-state index contributed by atoms with van der Waals surface area (Å²) in [6, 6.07) is 14.5. The Morgan fingerprint density at radius 3 is 2.21 bits per heavy atom. The summed E-state index contributed by atoms with van der Waals surface area (Å²) in [5, 5.41) is 5.97. The zero-order chi connectivity index (χ0) is 17.6. The van der Waals surface area contributed by atoms with Crippen LogP contribution in [0, 0.1) is 5.82 Å². The van der Waals surface area contributed by atoms with Gasteiger partial charge in [-0.25, -0.2) is 4.39 Å². The number of anilines is 1. The van der Waals surface area contributed by atoms with E-state index < -0.39 is 0 Å². The van der Waals surface area contributed by atoms with Gasteiger partial charge in [0.05, 0.1) is 6.54 Å². The van der Waals surface area contributed by atoms with E-state index in [9.17, 15) is 9.18 Å². The first-order valence-corrected chi connectivity index (χ1v) is 8.20. The summed E-state index contributed by atoms with van der Waals surface area (Å²) in [5.74, 6) is -0.304. The smallest absolute Gasteiger partial charge is 0.239 e. The highest BCUT2D eigenvalue weighted by Crippen LogP contribution is 2.23. The van der Waals surface area contributed by atoms with Crippen molar-refractivity contribution in [1.82, 2.24) is 5.32 Å². The summed E-state index contributed by atoms with van der Waals surface area (Å²) in [5.41, 5.74) is 3.31. The Morgan fingerprint density at radius 1 is 1.00 bits per heavy atom. The van der Waals surface area contributed by atoms with Crippen LogP contribution < -0.4 is 10.6 Å². The number of carbonyl (C=O) groups is 1. The second kappa shape index (κ2) is 7.95. The Hall–Kier alpha value is -2.36. The van der Waals surface area contributed by atoms with Gasteiger partial charge in [0.2, 0.25) is 5.91 Å². The molecule has 128 valence electrons. The average Bonchev–Trinajstić information content (AvgIpc) is 2.54. The van der Waals surface area contributed by atoms with Gasteiger partial charge in [-0.15, -0.1) is 0 Å². The molecule has 1 amide bonds. The van der Waals surface area contributed by atoms with E-state index in [1.165, 1.54) is 17.7 Å². The predicted octanol–water partition coefficient (Wildman–Crippen LogP) is 3.89. The molecular weight excluding hydrogens is 303 g/mol. The molecule has 24 heavy (non-hydrogen) atoms. The van der Waals surface area contributed by atoms with Gasteiger partial charge in [0.1, 0.15) is 5.82 Å². The van der Waals surface area contributed by atoms with E-state index in [1.807, 2.05) is 12.1 Å². The fourth-order valence-corrected chi connectivity index (χ4v) is 2.33. The molecule has 0 unspecified atom stereocenters. The Balaban J connectivity index is 1.72. The second-order valence-electron chi connectivity index (χ2n) is 6.91. The fraction of sp³-hybridized carbons (Fsp3) is 0.350. The first-order chi connectivity index (χ1) is 11.3. The van der Waals surface area contributed by atoms with E-state index in [0.29, 0.717) is 13.0 Å². The topological polar surface area (TPSA) is 41.1 Å². The molecule has 0 saturated heterocycles. The summed E-state index contributed by atoms with van der Waals surface area (Å²) < 4.78 is 12.8. The van der Waals surface area contributed by atoms with Crippen molar-refractivity contribution in [2.45, 2.75) is 32.6 Å². The number of rotatable bonds is 6. The average molecular weight is 328 g/mol. The highest BCUT2D eigenvalue weighted by Gasteiger charge is 2.12. The van der Waals surface area contributed by atoms with Gasteiger partial charge in [-0.05, 0) is 47.2 Å². The van der Waals surface area contributed by atoms with Crippen LogP contribution in [0.2, 0.25) is 0 Å². The van der Waals surface area contributed by atoms with Crippen molar-refractivity contribution in [2.75, 3.05) is 18.4 Å². The molecule has 0 saturated carbocycles. The molecule has 0 bridgehead atoms. The summed E-state index contributed by atoms with van der Waals surface area (Å²) in [6.45, 7) is 7.28. The van der Waals surface area contributed by atoms with Gasteiger partial charge in [0, 0.05) is 12.2 Å². The van der Waals surface area contributed by atoms with Crippen molar-refractivity contribution >= 4 is 11.6 Å². The molecule has 2 rings (SSSR count). The van der Waals surface area contributed by atoms with Crippen molar-refractivity contribution in [3.05, 3.63) is 65.5 Å². The lowest BCUT2D eigenvalue weighted by atomic mass is 9.87. The van der Waals surface area contributed by atoms with E-state index in [0.717, 1.165) is 11.3 Å². The summed E-state index contributed by atoms with van der Waals surface area (Å²) in [4.78, 5) is 11.9. The Bertz CT molecular complexity index is 658. The van der Waals surface area contributed by atoms with E-state index in [1.54, 1.807) is 12.1 Å². The van der Waals surface area contributed by atoms with Crippen LogP contribution in [0.5, 0.6) is 0 Å². The van der Waals surface area contributed by atoms with Gasteiger partial charge in [-0.2, -0.15) is 0 Å². The van der Waals surface area contributed by atoms with Crippen molar-refractivity contribution in [3.63, 3.8) is 0 Å². The predicted molar refractivity (Wildman–Crippen MR) is 96.7 cm³/mol. The summed E-state index contributed by atoms with van der Waals surface area (Å²) in [7, 11) is 0. The molecule has 2 aromatic rings. The van der Waals surface area contributed by atoms with Gasteiger partial charge in [0.25, 0.3) is 0 Å². The van der Waals surface area contributed by atoms with Crippen LogP contribution in [0.25, 0.3) is 0 Å². The van der Waals surface area contributed by atoms with Crippen molar-refractivity contribution in [1.29, 1.82) is 0 Å². The molecule has 0 atom stereocenters. The van der Waals surface area contributed by atoms with Crippen LogP contribution in [0.15, 0.2) is 48.5 Å². The van der Waals surface area contributed by atoms with Gasteiger partial charge < -0.3 is 10.6 Å². The van der Waals surface area contributed by atoms with Crippen LogP contribution in [-0.4, -0.2) is 19.0 Å². The normalized spacial score (nSPS) is 11.2. The number of amides is 1. The van der Waals surface area contributed by atoms with Crippen LogP contribution in [0.1, 0.15) is 31.9 Å². The molecule has 0 spiro atoms. The molecule has 4 heteroatoms. The first-order valence-electron chi connectivity index (χ1n) is 8.20. The molecule has 2 aromatic carbocycles. The number of hydrogen-bond acceptors (Lipinski definition) is 2. The molecule has 2 N–H and O–H groups in total. The molecule has 0 aliphatic rings. The summed E-state index contributed by atoms with van der Waals surface area (Å²) >= 11 is 0. The third-order valence-corrected chi connectivity index (χ3v) is 3.85. The first kappa shape index (κ1) is 18.0. The summed E-state index contributed by atoms with van der Waals surface area (Å²) in [6.07, 6.45) is 0.687. The molecule has 0 aliphatic heterocycles. The molecule has 0 heterocycles. The number of halogens is 1. The fourth-order valence-electron chi connectivity index (χ4n) is 2.33. The minimum atomic E-state index is -0.246. The number of hydrogen-bond donors (Lipinski definition) is 2. The van der Waals surface area contributed by atoms with Gasteiger partial charge in [-0.3, -0.25) is 4.79 Å². The van der Waals surface area contributed by atoms with E-state index in [4.69, 9.17) is 0 Å². The Labute approximate surface area is 143 Å². The SMILES string of the molecule is CC(C)(C)c1ccc(NCC(=O)NCCc2ccc(F)cc2)cc1.